The number of hydrogen-bond donors (Lipinski definition) is 1. The standard InChI is InChI=1S/C15H24NO6P.2Na/c1-21-11-7-3-6-10-15(17)16-14(12-22-23(18,19)20)13-8-4-2-5-9-13;;/h2,4-5,8-9,14H,3,6-7,10-12H2,1H3,(H,16,17)(H2,18,19,20);;/q;2*+1/p-2/t14-;;/m0../s1. The van der Waals surface area contributed by atoms with E-state index in [-0.39, 0.29) is 65.0 Å². The Hall–Kier alpha value is 0.760. The second-order valence-electron chi connectivity index (χ2n) is 5.08. The third-order valence-corrected chi connectivity index (χ3v) is 3.65. The molecule has 7 nitrogen and oxygen atoms in total. The maximum atomic E-state index is 12.0. The normalized spacial score (nSPS) is 11.8. The van der Waals surface area contributed by atoms with Gasteiger partial charge in [0, 0.05) is 20.1 Å². The van der Waals surface area contributed by atoms with Gasteiger partial charge in [0.25, 0.3) is 0 Å². The number of unbranched alkanes of at least 4 members (excludes halogenated alkanes) is 2. The summed E-state index contributed by atoms with van der Waals surface area (Å²) in [7, 11) is -3.46. The van der Waals surface area contributed by atoms with E-state index in [1.807, 2.05) is 0 Å². The first-order valence-electron chi connectivity index (χ1n) is 7.42. The molecule has 0 radical (unpaired) electrons. The van der Waals surface area contributed by atoms with Crippen molar-refractivity contribution in [1.29, 1.82) is 0 Å². The van der Waals surface area contributed by atoms with Crippen LogP contribution in [0.15, 0.2) is 30.3 Å². The zero-order valence-electron chi connectivity index (χ0n) is 15.1. The fourth-order valence-corrected chi connectivity index (χ4v) is 2.38. The van der Waals surface area contributed by atoms with E-state index < -0.39 is 20.5 Å². The van der Waals surface area contributed by atoms with Crippen molar-refractivity contribution in [2.75, 3.05) is 20.3 Å². The van der Waals surface area contributed by atoms with Crippen molar-refractivity contribution in [2.24, 2.45) is 0 Å². The molecule has 0 heterocycles. The van der Waals surface area contributed by atoms with Crippen LogP contribution in [0.5, 0.6) is 0 Å². The predicted octanol–water partition coefficient (Wildman–Crippen LogP) is -5.10. The van der Waals surface area contributed by atoms with Gasteiger partial charge in [0.2, 0.25) is 5.91 Å². The van der Waals surface area contributed by atoms with E-state index in [0.717, 1.165) is 12.8 Å². The molecule has 0 bridgehead atoms. The van der Waals surface area contributed by atoms with E-state index in [1.165, 1.54) is 0 Å². The van der Waals surface area contributed by atoms with Gasteiger partial charge in [-0.05, 0) is 18.4 Å². The molecular formula is C15H22NNa2O6P. The maximum absolute atomic E-state index is 12.0. The Labute approximate surface area is 193 Å². The molecule has 1 aromatic rings. The minimum Gasteiger partial charge on any atom is -0.790 e. The van der Waals surface area contributed by atoms with E-state index in [4.69, 9.17) is 4.74 Å². The van der Waals surface area contributed by atoms with Crippen molar-refractivity contribution in [3.63, 3.8) is 0 Å². The number of ether oxygens (including phenoxy) is 1. The topological polar surface area (TPSA) is 111 Å². The zero-order valence-corrected chi connectivity index (χ0v) is 20.0. The van der Waals surface area contributed by atoms with Crippen LogP contribution in [0.25, 0.3) is 0 Å². The summed E-state index contributed by atoms with van der Waals surface area (Å²) in [5.74, 6) is -0.216. The van der Waals surface area contributed by atoms with Crippen LogP contribution in [0.3, 0.4) is 0 Å². The van der Waals surface area contributed by atoms with E-state index >= 15 is 0 Å². The van der Waals surface area contributed by atoms with Gasteiger partial charge in [-0.15, -0.1) is 0 Å². The Kier molecular flexibility index (Phi) is 17.7. The molecule has 0 aliphatic rings. The van der Waals surface area contributed by atoms with Gasteiger partial charge in [-0.3, -0.25) is 4.79 Å². The van der Waals surface area contributed by atoms with E-state index in [9.17, 15) is 19.1 Å². The van der Waals surface area contributed by atoms with Gasteiger partial charge in [0.15, 0.2) is 0 Å². The Morgan fingerprint density at radius 3 is 2.36 bits per heavy atom. The van der Waals surface area contributed by atoms with E-state index in [1.54, 1.807) is 37.4 Å². The molecule has 0 spiro atoms. The first-order chi connectivity index (χ1) is 10.9. The monoisotopic (exact) mass is 389 g/mol. The van der Waals surface area contributed by atoms with Crippen molar-refractivity contribution in [2.45, 2.75) is 31.7 Å². The van der Waals surface area contributed by atoms with Crippen LogP contribution >= 0.6 is 7.82 Å². The summed E-state index contributed by atoms with van der Waals surface area (Å²) < 4.78 is 19.9. The zero-order chi connectivity index (χ0) is 17.1. The molecule has 25 heavy (non-hydrogen) atoms. The summed E-state index contributed by atoms with van der Waals surface area (Å²) >= 11 is 0. The molecule has 1 N–H and O–H groups in total. The van der Waals surface area contributed by atoms with E-state index in [0.29, 0.717) is 25.0 Å². The molecule has 0 aliphatic heterocycles. The Balaban J connectivity index is 0. The number of nitrogens with one attached hydrogen (secondary N) is 1. The average molecular weight is 389 g/mol. The average Bonchev–Trinajstić information content (AvgIpc) is 2.51. The summed E-state index contributed by atoms with van der Waals surface area (Å²) in [4.78, 5) is 33.3. The van der Waals surface area contributed by atoms with Crippen LogP contribution in [0, 0.1) is 0 Å². The van der Waals surface area contributed by atoms with Gasteiger partial charge < -0.3 is 28.9 Å². The second kappa shape index (κ2) is 15.8. The molecule has 1 amide bonds. The predicted molar refractivity (Wildman–Crippen MR) is 81.2 cm³/mol. The molecule has 1 aromatic carbocycles. The van der Waals surface area contributed by atoms with Crippen LogP contribution in [-0.2, 0) is 18.6 Å². The summed E-state index contributed by atoms with van der Waals surface area (Å²) in [6.07, 6.45) is 2.77. The van der Waals surface area contributed by atoms with Crippen LogP contribution in [0.2, 0.25) is 0 Å². The van der Waals surface area contributed by atoms with Gasteiger partial charge >= 0.3 is 59.1 Å². The van der Waals surface area contributed by atoms with Gasteiger partial charge in [-0.2, -0.15) is 0 Å². The molecule has 0 fully saturated rings. The quantitative estimate of drug-likeness (QED) is 0.230. The summed E-state index contributed by atoms with van der Waals surface area (Å²) in [5, 5.41) is 2.70. The third kappa shape index (κ3) is 14.5. The molecule has 0 saturated carbocycles. The SMILES string of the molecule is COCCCCCC(=O)N[C@@H](COP(=O)([O-])[O-])c1ccccc1.[Na+].[Na+]. The first kappa shape index (κ1) is 28.0. The number of carbonyl (C=O) groups is 1. The number of phosphoric acid groups is 1. The van der Waals surface area contributed by atoms with E-state index in [2.05, 4.69) is 9.84 Å². The molecular weight excluding hydrogens is 367 g/mol. The molecule has 130 valence electrons. The number of carbonyl (C=O) groups excluding carboxylic acids is 1. The Bertz CT molecular complexity index is 514. The van der Waals surface area contributed by atoms with Crippen molar-refractivity contribution in [1.82, 2.24) is 5.32 Å². The van der Waals surface area contributed by atoms with Gasteiger partial charge in [-0.1, -0.05) is 36.8 Å². The summed E-state index contributed by atoms with van der Waals surface area (Å²) in [6.45, 7) is 0.244. The second-order valence-corrected chi connectivity index (χ2v) is 6.23. The smallest absolute Gasteiger partial charge is 0.790 e. The number of phosphoric ester groups is 1. The number of rotatable bonds is 11. The molecule has 0 aromatic heterocycles. The Morgan fingerprint density at radius 1 is 1.16 bits per heavy atom. The maximum Gasteiger partial charge on any atom is 1.00 e. The third-order valence-electron chi connectivity index (χ3n) is 3.19. The number of hydrogen-bond acceptors (Lipinski definition) is 6. The van der Waals surface area contributed by atoms with Gasteiger partial charge in [0.05, 0.1) is 20.5 Å². The van der Waals surface area contributed by atoms with Crippen molar-refractivity contribution in [3.8, 4) is 0 Å². The minimum absolute atomic E-state index is 0. The molecule has 0 aliphatic carbocycles. The van der Waals surface area contributed by atoms with Crippen molar-refractivity contribution < 1.29 is 87.5 Å². The molecule has 1 atom stereocenters. The van der Waals surface area contributed by atoms with Crippen LogP contribution < -0.4 is 74.2 Å². The summed E-state index contributed by atoms with van der Waals surface area (Å²) in [5.41, 5.74) is 0.675. The molecule has 0 saturated heterocycles. The number of methoxy groups -OCH3 is 1. The van der Waals surface area contributed by atoms with Crippen molar-refractivity contribution >= 4 is 13.7 Å². The van der Waals surface area contributed by atoms with Crippen LogP contribution in [0.4, 0.5) is 0 Å². The Morgan fingerprint density at radius 2 is 1.80 bits per heavy atom. The minimum atomic E-state index is -5.08. The van der Waals surface area contributed by atoms with Crippen LogP contribution in [-0.4, -0.2) is 26.2 Å². The fourth-order valence-electron chi connectivity index (χ4n) is 2.05. The first-order valence-corrected chi connectivity index (χ1v) is 8.88. The molecule has 1 rings (SSSR count). The van der Waals surface area contributed by atoms with Gasteiger partial charge in [0.1, 0.15) is 0 Å². The van der Waals surface area contributed by atoms with Gasteiger partial charge in [-0.25, -0.2) is 0 Å². The number of benzene rings is 1. The summed E-state index contributed by atoms with van der Waals surface area (Å²) in [6, 6.07) is 8.09. The molecule has 10 heteroatoms. The largest absolute Gasteiger partial charge is 1.00 e. The van der Waals surface area contributed by atoms with Crippen LogP contribution in [0.1, 0.15) is 37.3 Å². The fraction of sp³-hybridized carbons (Fsp3) is 0.533. The molecule has 0 unspecified atom stereocenters. The van der Waals surface area contributed by atoms with Crippen molar-refractivity contribution in [3.05, 3.63) is 35.9 Å². The number of amides is 1.